The highest BCUT2D eigenvalue weighted by Gasteiger charge is 2.43. The lowest BCUT2D eigenvalue weighted by Crippen LogP contribution is -2.44. The Morgan fingerprint density at radius 3 is 2.11 bits per heavy atom. The molecule has 2 unspecified atom stereocenters. The van der Waals surface area contributed by atoms with Crippen LogP contribution in [0.25, 0.3) is 0 Å². The third-order valence-corrected chi connectivity index (χ3v) is 9.14. The maximum Gasteiger partial charge on any atom is 0.225 e. The molecule has 7 heteroatoms. The number of nitrogens with zero attached hydrogens (tertiary/aromatic N) is 3. The largest absolute Gasteiger partial charge is 0.349 e. The minimum atomic E-state index is 0.0543. The Morgan fingerprint density at radius 2 is 1.50 bits per heavy atom. The number of carbonyl (C=O) groups is 3. The second-order valence-corrected chi connectivity index (χ2v) is 11.5. The van der Waals surface area contributed by atoms with E-state index in [0.717, 1.165) is 64.8 Å². The van der Waals surface area contributed by atoms with E-state index in [1.54, 1.807) is 6.92 Å². The zero-order valence-corrected chi connectivity index (χ0v) is 21.7. The molecule has 0 aromatic heterocycles. The molecule has 1 N–H and O–H groups in total. The average Bonchev–Trinajstić information content (AvgIpc) is 3.64. The van der Waals surface area contributed by atoms with Gasteiger partial charge in [0.25, 0.3) is 0 Å². The van der Waals surface area contributed by atoms with Gasteiger partial charge in [0.05, 0.1) is 6.04 Å². The van der Waals surface area contributed by atoms with Gasteiger partial charge in [-0.3, -0.25) is 14.4 Å². The molecule has 0 spiro atoms. The summed E-state index contributed by atoms with van der Waals surface area (Å²) >= 11 is 0. The van der Waals surface area contributed by atoms with E-state index >= 15 is 0 Å². The highest BCUT2D eigenvalue weighted by molar-refractivity contribution is 5.80. The van der Waals surface area contributed by atoms with Crippen LogP contribution < -0.4 is 5.32 Å². The molecule has 1 aliphatic carbocycles. The molecule has 3 amide bonds. The monoisotopic (exact) mass is 494 g/mol. The Bertz CT molecular complexity index is 910. The van der Waals surface area contributed by atoms with Crippen molar-refractivity contribution in [1.29, 1.82) is 0 Å². The molecular formula is C29H42N4O3. The molecule has 3 atom stereocenters. The van der Waals surface area contributed by atoms with Gasteiger partial charge in [-0.15, -0.1) is 0 Å². The van der Waals surface area contributed by atoms with Gasteiger partial charge in [-0.05, 0) is 49.5 Å². The minimum Gasteiger partial charge on any atom is -0.349 e. The van der Waals surface area contributed by atoms with Crippen LogP contribution in [0.4, 0.5) is 0 Å². The predicted molar refractivity (Wildman–Crippen MR) is 139 cm³/mol. The highest BCUT2D eigenvalue weighted by atomic mass is 16.2. The summed E-state index contributed by atoms with van der Waals surface area (Å²) in [6.45, 7) is 7.81. The number of nitrogens with one attached hydrogen (secondary N) is 1. The maximum atomic E-state index is 13.1. The van der Waals surface area contributed by atoms with E-state index in [4.69, 9.17) is 0 Å². The van der Waals surface area contributed by atoms with Crippen molar-refractivity contribution in [3.8, 4) is 0 Å². The van der Waals surface area contributed by atoms with Gasteiger partial charge in [0, 0.05) is 64.6 Å². The van der Waals surface area contributed by atoms with Crippen LogP contribution in [0, 0.1) is 23.7 Å². The van der Waals surface area contributed by atoms with Gasteiger partial charge in [-0.2, -0.15) is 0 Å². The fourth-order valence-corrected chi connectivity index (χ4v) is 6.95. The van der Waals surface area contributed by atoms with Gasteiger partial charge in [0.2, 0.25) is 17.7 Å². The van der Waals surface area contributed by atoms with E-state index in [0.29, 0.717) is 30.8 Å². The Morgan fingerprint density at radius 1 is 0.861 bits per heavy atom. The van der Waals surface area contributed by atoms with E-state index in [-0.39, 0.29) is 29.7 Å². The lowest BCUT2D eigenvalue weighted by molar-refractivity contribution is -0.139. The molecule has 1 aromatic carbocycles. The molecule has 3 saturated heterocycles. The quantitative estimate of drug-likeness (QED) is 0.632. The van der Waals surface area contributed by atoms with Gasteiger partial charge in [0.15, 0.2) is 0 Å². The van der Waals surface area contributed by atoms with E-state index in [2.05, 4.69) is 39.4 Å². The third kappa shape index (κ3) is 5.77. The number of benzene rings is 1. The number of hydrogen-bond acceptors (Lipinski definition) is 4. The zero-order valence-electron chi connectivity index (χ0n) is 21.7. The lowest BCUT2D eigenvalue weighted by atomic mass is 9.95. The van der Waals surface area contributed by atoms with E-state index < -0.39 is 0 Å². The highest BCUT2D eigenvalue weighted by Crippen LogP contribution is 2.34. The van der Waals surface area contributed by atoms with Crippen LogP contribution in [0.15, 0.2) is 30.3 Å². The van der Waals surface area contributed by atoms with Crippen molar-refractivity contribution in [2.24, 2.45) is 23.7 Å². The molecular weight excluding hydrogens is 452 g/mol. The summed E-state index contributed by atoms with van der Waals surface area (Å²) in [6.07, 6.45) is 6.89. The molecule has 0 bridgehead atoms. The molecule has 0 radical (unpaired) electrons. The van der Waals surface area contributed by atoms with E-state index in [1.165, 1.54) is 18.4 Å². The van der Waals surface area contributed by atoms with Crippen LogP contribution >= 0.6 is 0 Å². The Labute approximate surface area is 215 Å². The smallest absolute Gasteiger partial charge is 0.225 e. The van der Waals surface area contributed by atoms with E-state index in [9.17, 15) is 14.4 Å². The van der Waals surface area contributed by atoms with Crippen molar-refractivity contribution in [3.05, 3.63) is 35.9 Å². The van der Waals surface area contributed by atoms with Crippen molar-refractivity contribution >= 4 is 17.7 Å². The summed E-state index contributed by atoms with van der Waals surface area (Å²) in [7, 11) is 0. The lowest BCUT2D eigenvalue weighted by Gasteiger charge is -2.33. The topological polar surface area (TPSA) is 73.0 Å². The minimum absolute atomic E-state index is 0.0543. The number of fused-ring (bicyclic) bond motifs is 1. The molecule has 1 saturated carbocycles. The van der Waals surface area contributed by atoms with Crippen LogP contribution in [-0.4, -0.2) is 78.2 Å². The fourth-order valence-electron chi connectivity index (χ4n) is 6.95. The number of carbonyl (C=O) groups excluding carboxylic acids is 3. The Balaban J connectivity index is 1.10. The fraction of sp³-hybridized carbons (Fsp3) is 0.690. The van der Waals surface area contributed by atoms with Crippen LogP contribution in [-0.2, 0) is 14.4 Å². The van der Waals surface area contributed by atoms with Gasteiger partial charge < -0.3 is 20.0 Å². The van der Waals surface area contributed by atoms with Crippen molar-refractivity contribution in [2.45, 2.75) is 57.9 Å². The van der Waals surface area contributed by atoms with Crippen LogP contribution in [0.3, 0.4) is 0 Å². The first-order valence-electron chi connectivity index (χ1n) is 14.1. The zero-order chi connectivity index (χ0) is 25.1. The number of hydrogen-bond donors (Lipinski definition) is 1. The predicted octanol–water partition coefficient (Wildman–Crippen LogP) is 3.07. The average molecular weight is 495 g/mol. The second kappa shape index (κ2) is 11.3. The van der Waals surface area contributed by atoms with E-state index in [1.807, 2.05) is 11.0 Å². The molecule has 196 valence electrons. The van der Waals surface area contributed by atoms with Gasteiger partial charge in [0.1, 0.15) is 0 Å². The standard InChI is InChI=1S/C29H42N4O3/c1-21(34)32-15-11-24(12-16-32)29(36)33-19-25-17-31(18-26(25)20-33)14-13-27(22-7-3-2-4-8-22)30-28(35)23-9-5-6-10-23/h2-4,7-8,23-27H,5-6,9-20H2,1H3,(H,30,35)/t25-,26?,27?/m0/s1. The Hall–Kier alpha value is -2.41. The first-order chi connectivity index (χ1) is 17.5. The molecule has 4 aliphatic rings. The Kier molecular flexibility index (Phi) is 7.94. The van der Waals surface area contributed by atoms with Crippen molar-refractivity contribution in [2.75, 3.05) is 45.8 Å². The normalized spacial score (nSPS) is 26.2. The summed E-state index contributed by atoms with van der Waals surface area (Å²) in [5, 5.41) is 3.37. The van der Waals surface area contributed by atoms with Crippen molar-refractivity contribution in [1.82, 2.24) is 20.0 Å². The number of piperidine rings is 1. The maximum absolute atomic E-state index is 13.1. The second-order valence-electron chi connectivity index (χ2n) is 11.5. The molecule has 1 aromatic rings. The van der Waals surface area contributed by atoms with Gasteiger partial charge in [-0.1, -0.05) is 43.2 Å². The van der Waals surface area contributed by atoms with Gasteiger partial charge >= 0.3 is 0 Å². The van der Waals surface area contributed by atoms with Crippen LogP contribution in [0.5, 0.6) is 0 Å². The molecule has 3 heterocycles. The molecule has 7 nitrogen and oxygen atoms in total. The first kappa shape index (κ1) is 25.2. The summed E-state index contributed by atoms with van der Waals surface area (Å²) in [5.41, 5.74) is 1.19. The third-order valence-electron chi connectivity index (χ3n) is 9.14. The molecule has 5 rings (SSSR count). The van der Waals surface area contributed by atoms with Crippen molar-refractivity contribution < 1.29 is 14.4 Å². The number of amides is 3. The summed E-state index contributed by atoms with van der Waals surface area (Å²) < 4.78 is 0. The van der Waals surface area contributed by atoms with Gasteiger partial charge in [-0.25, -0.2) is 0 Å². The molecule has 36 heavy (non-hydrogen) atoms. The SMILES string of the molecule is CC(=O)N1CCC(C(=O)N2CC3CN(CCC(NC(=O)C4CCCC4)c4ccccc4)C[C@H]3C2)CC1. The number of likely N-dealkylation sites (tertiary alicyclic amines) is 3. The van der Waals surface area contributed by atoms with Crippen molar-refractivity contribution in [3.63, 3.8) is 0 Å². The number of rotatable bonds is 7. The summed E-state index contributed by atoms with van der Waals surface area (Å²) in [6, 6.07) is 10.4. The molecule has 4 fully saturated rings. The molecule has 3 aliphatic heterocycles. The first-order valence-corrected chi connectivity index (χ1v) is 14.1. The van der Waals surface area contributed by atoms with Crippen LogP contribution in [0.2, 0.25) is 0 Å². The summed E-state index contributed by atoms with van der Waals surface area (Å²) in [4.78, 5) is 44.1. The summed E-state index contributed by atoms with van der Waals surface area (Å²) in [5.74, 6) is 2.00. The van der Waals surface area contributed by atoms with Crippen LogP contribution in [0.1, 0.15) is 63.5 Å².